The summed E-state index contributed by atoms with van der Waals surface area (Å²) in [5.74, 6) is 0.520. The summed E-state index contributed by atoms with van der Waals surface area (Å²) in [5.41, 5.74) is -0.625. The predicted octanol–water partition coefficient (Wildman–Crippen LogP) is 1.55. The Labute approximate surface area is 91.5 Å². The van der Waals surface area contributed by atoms with Crippen molar-refractivity contribution in [2.24, 2.45) is 5.92 Å². The van der Waals surface area contributed by atoms with Gasteiger partial charge in [-0.3, -0.25) is 4.79 Å². The predicted molar refractivity (Wildman–Crippen MR) is 58.4 cm³/mol. The molecule has 3 nitrogen and oxygen atoms in total. The summed E-state index contributed by atoms with van der Waals surface area (Å²) >= 11 is 0. The molecule has 1 heterocycles. The summed E-state index contributed by atoms with van der Waals surface area (Å²) in [6.07, 6.45) is 7.05. The van der Waals surface area contributed by atoms with E-state index < -0.39 is 5.60 Å². The molecule has 1 aliphatic carbocycles. The van der Waals surface area contributed by atoms with Crippen LogP contribution in [0.4, 0.5) is 0 Å². The lowest BCUT2D eigenvalue weighted by atomic mass is 9.92. The Kier molecular flexibility index (Phi) is 3.01. The highest BCUT2D eigenvalue weighted by Crippen LogP contribution is 2.28. The molecule has 86 valence electrons. The molecule has 1 saturated carbocycles. The van der Waals surface area contributed by atoms with Gasteiger partial charge in [0.05, 0.1) is 18.7 Å². The molecule has 0 aromatic heterocycles. The first-order valence-electron chi connectivity index (χ1n) is 6.10. The molecule has 2 rings (SSSR count). The normalized spacial score (nSPS) is 26.9. The number of rotatable bonds is 1. The fraction of sp³-hybridized carbons (Fsp3) is 0.917. The van der Waals surface area contributed by atoms with E-state index in [1.54, 1.807) is 6.92 Å². The van der Waals surface area contributed by atoms with E-state index in [1.807, 2.05) is 4.90 Å². The fourth-order valence-corrected chi connectivity index (χ4v) is 2.72. The second-order valence-corrected chi connectivity index (χ2v) is 5.38. The summed E-state index contributed by atoms with van der Waals surface area (Å²) in [7, 11) is 0. The molecule has 0 atom stereocenters. The van der Waals surface area contributed by atoms with Gasteiger partial charge in [-0.05, 0) is 19.8 Å². The van der Waals surface area contributed by atoms with Gasteiger partial charge >= 0.3 is 0 Å². The van der Waals surface area contributed by atoms with Gasteiger partial charge in [0.15, 0.2) is 0 Å². The molecule has 15 heavy (non-hydrogen) atoms. The van der Waals surface area contributed by atoms with Crippen LogP contribution in [0.25, 0.3) is 0 Å². The van der Waals surface area contributed by atoms with Crippen LogP contribution in [0.2, 0.25) is 0 Å². The van der Waals surface area contributed by atoms with Gasteiger partial charge in [0.25, 0.3) is 0 Å². The van der Waals surface area contributed by atoms with E-state index in [0.717, 1.165) is 12.8 Å². The summed E-state index contributed by atoms with van der Waals surface area (Å²) in [6.45, 7) is 2.86. The van der Waals surface area contributed by atoms with Crippen molar-refractivity contribution in [3.05, 3.63) is 0 Å². The molecule has 1 aliphatic heterocycles. The van der Waals surface area contributed by atoms with Crippen molar-refractivity contribution in [3.63, 3.8) is 0 Å². The first kappa shape index (κ1) is 10.9. The van der Waals surface area contributed by atoms with Gasteiger partial charge in [0.1, 0.15) is 0 Å². The van der Waals surface area contributed by atoms with Gasteiger partial charge in [-0.15, -0.1) is 0 Å². The van der Waals surface area contributed by atoms with E-state index in [4.69, 9.17) is 0 Å². The van der Waals surface area contributed by atoms with Crippen LogP contribution in [0.3, 0.4) is 0 Å². The standard InChI is InChI=1S/C12H21NO2/c1-12(15)8-13(9-12)11(14)10-6-4-2-3-5-7-10/h10,15H,2-9H2,1H3. The summed E-state index contributed by atoms with van der Waals surface area (Å²) in [5, 5.41) is 9.59. The van der Waals surface area contributed by atoms with Crippen molar-refractivity contribution in [2.45, 2.75) is 51.0 Å². The lowest BCUT2D eigenvalue weighted by Gasteiger charge is -2.45. The van der Waals surface area contributed by atoms with Crippen molar-refractivity contribution in [3.8, 4) is 0 Å². The molecule has 0 bridgehead atoms. The minimum Gasteiger partial charge on any atom is -0.386 e. The monoisotopic (exact) mass is 211 g/mol. The number of hydrogen-bond donors (Lipinski definition) is 1. The lowest BCUT2D eigenvalue weighted by molar-refractivity contribution is -0.157. The lowest BCUT2D eigenvalue weighted by Crippen LogP contribution is -2.62. The molecular weight excluding hydrogens is 190 g/mol. The maximum Gasteiger partial charge on any atom is 0.225 e. The zero-order chi connectivity index (χ0) is 10.9. The number of hydrogen-bond acceptors (Lipinski definition) is 2. The number of carbonyl (C=O) groups is 1. The Hall–Kier alpha value is -0.570. The number of amides is 1. The van der Waals surface area contributed by atoms with E-state index in [0.29, 0.717) is 13.1 Å². The summed E-state index contributed by atoms with van der Waals surface area (Å²) in [4.78, 5) is 13.9. The van der Waals surface area contributed by atoms with Crippen molar-refractivity contribution in [1.82, 2.24) is 4.90 Å². The van der Waals surface area contributed by atoms with Crippen LogP contribution in [-0.2, 0) is 4.79 Å². The first-order valence-corrected chi connectivity index (χ1v) is 6.10. The molecule has 2 aliphatic rings. The third-order valence-corrected chi connectivity index (χ3v) is 3.58. The average Bonchev–Trinajstić information content (AvgIpc) is 2.40. The zero-order valence-electron chi connectivity index (χ0n) is 9.54. The van der Waals surface area contributed by atoms with E-state index in [2.05, 4.69) is 0 Å². The molecule has 0 aromatic rings. The third-order valence-electron chi connectivity index (χ3n) is 3.58. The highest BCUT2D eigenvalue weighted by atomic mass is 16.3. The Morgan fingerprint density at radius 2 is 1.73 bits per heavy atom. The van der Waals surface area contributed by atoms with Crippen LogP contribution in [0, 0.1) is 5.92 Å². The number of likely N-dealkylation sites (tertiary alicyclic amines) is 1. The van der Waals surface area contributed by atoms with Crippen molar-refractivity contribution in [1.29, 1.82) is 0 Å². The Bertz CT molecular complexity index is 234. The molecule has 0 aromatic carbocycles. The summed E-state index contributed by atoms with van der Waals surface area (Å²) < 4.78 is 0. The number of nitrogens with zero attached hydrogens (tertiary/aromatic N) is 1. The maximum absolute atomic E-state index is 12.0. The van der Waals surface area contributed by atoms with E-state index in [9.17, 15) is 9.90 Å². The number of β-amino-alcohol motifs (C(OH)–C–C–N with tert-alkyl or cyclic N) is 1. The van der Waals surface area contributed by atoms with Gasteiger partial charge in [-0.1, -0.05) is 25.7 Å². The third kappa shape index (κ3) is 2.51. The number of aliphatic hydroxyl groups is 1. The topological polar surface area (TPSA) is 40.5 Å². The van der Waals surface area contributed by atoms with Crippen LogP contribution < -0.4 is 0 Å². The van der Waals surface area contributed by atoms with Gasteiger partial charge < -0.3 is 10.0 Å². The van der Waals surface area contributed by atoms with Crippen LogP contribution >= 0.6 is 0 Å². The molecule has 1 amide bonds. The van der Waals surface area contributed by atoms with E-state index in [-0.39, 0.29) is 11.8 Å². The summed E-state index contributed by atoms with van der Waals surface area (Å²) in [6, 6.07) is 0. The molecule has 0 spiro atoms. The highest BCUT2D eigenvalue weighted by molar-refractivity contribution is 5.80. The Morgan fingerprint density at radius 1 is 1.20 bits per heavy atom. The zero-order valence-corrected chi connectivity index (χ0v) is 9.54. The van der Waals surface area contributed by atoms with Gasteiger partial charge in [-0.2, -0.15) is 0 Å². The Morgan fingerprint density at radius 3 is 2.20 bits per heavy atom. The van der Waals surface area contributed by atoms with Gasteiger partial charge in [0.2, 0.25) is 5.91 Å². The first-order chi connectivity index (χ1) is 7.08. The van der Waals surface area contributed by atoms with Crippen molar-refractivity contribution < 1.29 is 9.90 Å². The highest BCUT2D eigenvalue weighted by Gasteiger charge is 2.41. The molecule has 1 saturated heterocycles. The maximum atomic E-state index is 12.0. The minimum atomic E-state index is -0.625. The number of carbonyl (C=O) groups excluding carboxylic acids is 1. The van der Waals surface area contributed by atoms with Crippen LogP contribution in [0.15, 0.2) is 0 Å². The van der Waals surface area contributed by atoms with Crippen molar-refractivity contribution >= 4 is 5.91 Å². The fourth-order valence-electron chi connectivity index (χ4n) is 2.72. The van der Waals surface area contributed by atoms with Gasteiger partial charge in [-0.25, -0.2) is 0 Å². The molecule has 0 unspecified atom stereocenters. The largest absolute Gasteiger partial charge is 0.386 e. The Balaban J connectivity index is 1.85. The van der Waals surface area contributed by atoms with Crippen LogP contribution in [-0.4, -0.2) is 34.6 Å². The smallest absolute Gasteiger partial charge is 0.225 e. The van der Waals surface area contributed by atoms with E-state index in [1.165, 1.54) is 25.7 Å². The second-order valence-electron chi connectivity index (χ2n) is 5.38. The minimum absolute atomic E-state index is 0.239. The van der Waals surface area contributed by atoms with Crippen LogP contribution in [0.5, 0.6) is 0 Å². The average molecular weight is 211 g/mol. The molecule has 0 radical (unpaired) electrons. The van der Waals surface area contributed by atoms with Gasteiger partial charge in [0, 0.05) is 5.92 Å². The van der Waals surface area contributed by atoms with E-state index >= 15 is 0 Å². The van der Waals surface area contributed by atoms with Crippen molar-refractivity contribution in [2.75, 3.05) is 13.1 Å². The molecule has 2 fully saturated rings. The quantitative estimate of drug-likeness (QED) is 0.668. The van der Waals surface area contributed by atoms with Crippen LogP contribution in [0.1, 0.15) is 45.4 Å². The molecular formula is C12H21NO2. The second kappa shape index (κ2) is 4.12. The molecule has 3 heteroatoms. The SMILES string of the molecule is CC1(O)CN(C(=O)C2CCCCCC2)C1. The molecule has 1 N–H and O–H groups in total.